The van der Waals surface area contributed by atoms with Crippen LogP contribution in [0.25, 0.3) is 0 Å². The molecule has 3 nitrogen and oxygen atoms in total. The van der Waals surface area contributed by atoms with Gasteiger partial charge in [-0.05, 0) is 38.1 Å². The number of hydrogen-bond acceptors (Lipinski definition) is 4. The number of nitriles is 1. The quantitative estimate of drug-likeness (QED) is 0.897. The molecular formula is C13H13N3S. The molecule has 2 rings (SSSR count). The lowest BCUT2D eigenvalue weighted by Gasteiger charge is -2.13. The molecule has 0 radical (unpaired) electrons. The first-order valence-electron chi connectivity index (χ1n) is 5.38. The molecule has 0 saturated carbocycles. The number of nitrogens with one attached hydrogen (secondary N) is 1. The SMILES string of the molecule is Cc1ccc(C(C)Nc2ccnc(C#N)c2)s1. The smallest absolute Gasteiger partial charge is 0.142 e. The van der Waals surface area contributed by atoms with Crippen molar-refractivity contribution in [3.8, 4) is 6.07 Å². The lowest BCUT2D eigenvalue weighted by Crippen LogP contribution is -2.05. The van der Waals surface area contributed by atoms with Crippen LogP contribution in [0, 0.1) is 18.3 Å². The van der Waals surface area contributed by atoms with Gasteiger partial charge < -0.3 is 5.32 Å². The molecule has 1 N–H and O–H groups in total. The second-order valence-electron chi connectivity index (χ2n) is 3.86. The number of nitrogens with zero attached hydrogens (tertiary/aromatic N) is 2. The number of aromatic nitrogens is 1. The summed E-state index contributed by atoms with van der Waals surface area (Å²) in [6, 6.07) is 10.2. The van der Waals surface area contributed by atoms with Crippen LogP contribution in [0.1, 0.15) is 28.4 Å². The topological polar surface area (TPSA) is 48.7 Å². The third-order valence-corrected chi connectivity index (χ3v) is 3.63. The van der Waals surface area contributed by atoms with Crippen LogP contribution < -0.4 is 5.32 Å². The number of pyridine rings is 1. The third-order valence-electron chi connectivity index (χ3n) is 2.45. The second kappa shape index (κ2) is 4.98. The summed E-state index contributed by atoms with van der Waals surface area (Å²) in [7, 11) is 0. The van der Waals surface area contributed by atoms with E-state index in [2.05, 4.69) is 36.3 Å². The molecule has 0 aliphatic carbocycles. The van der Waals surface area contributed by atoms with Crippen LogP contribution in [0.4, 0.5) is 5.69 Å². The number of thiophene rings is 1. The van der Waals surface area contributed by atoms with Gasteiger partial charge in [-0.1, -0.05) is 0 Å². The van der Waals surface area contributed by atoms with Crippen LogP contribution >= 0.6 is 11.3 Å². The molecule has 2 aromatic heterocycles. The first-order valence-corrected chi connectivity index (χ1v) is 6.19. The lowest BCUT2D eigenvalue weighted by atomic mass is 10.2. The van der Waals surface area contributed by atoms with Gasteiger partial charge in [-0.25, -0.2) is 4.98 Å². The molecule has 0 amide bonds. The molecular weight excluding hydrogens is 230 g/mol. The van der Waals surface area contributed by atoms with E-state index in [9.17, 15) is 0 Å². The highest BCUT2D eigenvalue weighted by molar-refractivity contribution is 7.12. The van der Waals surface area contributed by atoms with Crippen LogP contribution in [0.5, 0.6) is 0 Å². The van der Waals surface area contributed by atoms with E-state index < -0.39 is 0 Å². The molecule has 1 atom stereocenters. The summed E-state index contributed by atoms with van der Waals surface area (Å²) in [6.45, 7) is 4.21. The van der Waals surface area contributed by atoms with Crippen molar-refractivity contribution >= 4 is 17.0 Å². The average Bonchev–Trinajstić information content (AvgIpc) is 2.76. The van der Waals surface area contributed by atoms with E-state index in [1.807, 2.05) is 12.1 Å². The van der Waals surface area contributed by atoms with Crippen molar-refractivity contribution in [3.05, 3.63) is 45.9 Å². The Kier molecular flexibility index (Phi) is 3.40. The zero-order chi connectivity index (χ0) is 12.3. The van der Waals surface area contributed by atoms with Crippen molar-refractivity contribution in [1.29, 1.82) is 5.26 Å². The van der Waals surface area contributed by atoms with E-state index in [0.29, 0.717) is 5.69 Å². The number of anilines is 1. The molecule has 1 unspecified atom stereocenters. The molecule has 2 heterocycles. The molecule has 0 spiro atoms. The summed E-state index contributed by atoms with van der Waals surface area (Å²) in [5.74, 6) is 0. The maximum atomic E-state index is 8.78. The van der Waals surface area contributed by atoms with Gasteiger partial charge in [0.15, 0.2) is 0 Å². The van der Waals surface area contributed by atoms with E-state index in [-0.39, 0.29) is 6.04 Å². The van der Waals surface area contributed by atoms with E-state index in [4.69, 9.17) is 5.26 Å². The van der Waals surface area contributed by atoms with Gasteiger partial charge >= 0.3 is 0 Å². The second-order valence-corrected chi connectivity index (χ2v) is 5.18. The first-order chi connectivity index (χ1) is 8.19. The Morgan fingerprint density at radius 3 is 2.88 bits per heavy atom. The summed E-state index contributed by atoms with van der Waals surface area (Å²) >= 11 is 1.78. The average molecular weight is 243 g/mol. The number of rotatable bonds is 3. The van der Waals surface area contributed by atoms with Crippen molar-refractivity contribution < 1.29 is 0 Å². The highest BCUT2D eigenvalue weighted by Crippen LogP contribution is 2.25. The Balaban J connectivity index is 2.13. The van der Waals surface area contributed by atoms with Gasteiger partial charge in [0, 0.05) is 21.6 Å². The standard InChI is InChI=1S/C13H13N3S/c1-9-3-4-13(17-9)10(2)16-11-5-6-15-12(7-11)8-14/h3-7,10H,1-2H3,(H,15,16). The monoisotopic (exact) mass is 243 g/mol. The Labute approximate surface area is 105 Å². The summed E-state index contributed by atoms with van der Waals surface area (Å²) in [4.78, 5) is 6.54. The molecule has 4 heteroatoms. The van der Waals surface area contributed by atoms with Crippen molar-refractivity contribution in [2.45, 2.75) is 19.9 Å². The molecule has 2 aromatic rings. The Morgan fingerprint density at radius 2 is 2.24 bits per heavy atom. The summed E-state index contributed by atoms with van der Waals surface area (Å²) in [6.07, 6.45) is 1.65. The van der Waals surface area contributed by atoms with Crippen LogP contribution in [0.3, 0.4) is 0 Å². The summed E-state index contributed by atoms with van der Waals surface area (Å²) < 4.78 is 0. The minimum atomic E-state index is 0.239. The Bertz CT molecular complexity index is 554. The number of aryl methyl sites for hydroxylation is 1. The van der Waals surface area contributed by atoms with Crippen molar-refractivity contribution in [2.75, 3.05) is 5.32 Å². The highest BCUT2D eigenvalue weighted by Gasteiger charge is 2.07. The Morgan fingerprint density at radius 1 is 1.41 bits per heavy atom. The van der Waals surface area contributed by atoms with Crippen LogP contribution in [-0.2, 0) is 0 Å². The minimum absolute atomic E-state index is 0.239. The molecule has 0 bridgehead atoms. The maximum absolute atomic E-state index is 8.78. The van der Waals surface area contributed by atoms with Gasteiger partial charge in [-0.15, -0.1) is 11.3 Å². The van der Waals surface area contributed by atoms with Crippen LogP contribution in [0.15, 0.2) is 30.5 Å². The van der Waals surface area contributed by atoms with Crippen molar-refractivity contribution in [1.82, 2.24) is 4.98 Å². The van der Waals surface area contributed by atoms with Crippen LogP contribution in [0.2, 0.25) is 0 Å². The van der Waals surface area contributed by atoms with Gasteiger partial charge in [0.25, 0.3) is 0 Å². The number of hydrogen-bond donors (Lipinski definition) is 1. The van der Waals surface area contributed by atoms with E-state index in [1.54, 1.807) is 23.6 Å². The largest absolute Gasteiger partial charge is 0.378 e. The lowest BCUT2D eigenvalue weighted by molar-refractivity contribution is 0.907. The van der Waals surface area contributed by atoms with E-state index in [0.717, 1.165) is 5.69 Å². The van der Waals surface area contributed by atoms with Gasteiger partial charge in [0.05, 0.1) is 6.04 Å². The summed E-state index contributed by atoms with van der Waals surface area (Å²) in [5, 5.41) is 12.1. The van der Waals surface area contributed by atoms with Crippen molar-refractivity contribution in [3.63, 3.8) is 0 Å². The molecule has 0 saturated heterocycles. The van der Waals surface area contributed by atoms with Gasteiger partial charge in [-0.2, -0.15) is 5.26 Å². The zero-order valence-electron chi connectivity index (χ0n) is 9.77. The van der Waals surface area contributed by atoms with Crippen molar-refractivity contribution in [2.24, 2.45) is 0 Å². The fourth-order valence-corrected chi connectivity index (χ4v) is 2.47. The molecule has 86 valence electrons. The molecule has 0 fully saturated rings. The molecule has 17 heavy (non-hydrogen) atoms. The molecule has 0 aliphatic rings. The highest BCUT2D eigenvalue weighted by atomic mass is 32.1. The first kappa shape index (κ1) is 11.6. The van der Waals surface area contributed by atoms with E-state index in [1.165, 1.54) is 9.75 Å². The predicted molar refractivity (Wildman–Crippen MR) is 70.0 cm³/mol. The Hall–Kier alpha value is -1.86. The van der Waals surface area contributed by atoms with Gasteiger partial charge in [0.2, 0.25) is 0 Å². The van der Waals surface area contributed by atoms with Crippen LogP contribution in [-0.4, -0.2) is 4.98 Å². The maximum Gasteiger partial charge on any atom is 0.142 e. The molecule has 0 aromatic carbocycles. The minimum Gasteiger partial charge on any atom is -0.378 e. The fourth-order valence-electron chi connectivity index (χ4n) is 1.59. The summed E-state index contributed by atoms with van der Waals surface area (Å²) in [5.41, 5.74) is 1.36. The normalized spacial score (nSPS) is 11.8. The van der Waals surface area contributed by atoms with Gasteiger partial charge in [-0.3, -0.25) is 0 Å². The third kappa shape index (κ3) is 2.83. The van der Waals surface area contributed by atoms with Gasteiger partial charge in [0.1, 0.15) is 11.8 Å². The molecule has 0 aliphatic heterocycles. The fraction of sp³-hybridized carbons (Fsp3) is 0.231. The predicted octanol–water partition coefficient (Wildman–Crippen LogP) is 3.50. The van der Waals surface area contributed by atoms with E-state index >= 15 is 0 Å². The zero-order valence-corrected chi connectivity index (χ0v) is 10.6.